The fraction of sp³-hybridized carbons (Fsp3) is 0.588. The quantitative estimate of drug-likeness (QED) is 0.878. The molecule has 0 bridgehead atoms. The number of hydrogen-bond donors (Lipinski definition) is 2. The van der Waals surface area contributed by atoms with Gasteiger partial charge in [0.15, 0.2) is 0 Å². The van der Waals surface area contributed by atoms with Gasteiger partial charge in [-0.25, -0.2) is 0 Å². The van der Waals surface area contributed by atoms with Crippen molar-refractivity contribution < 1.29 is 9.90 Å². The van der Waals surface area contributed by atoms with E-state index >= 15 is 0 Å². The summed E-state index contributed by atoms with van der Waals surface area (Å²) in [5.74, 6) is 0.552. The van der Waals surface area contributed by atoms with E-state index in [4.69, 9.17) is 0 Å². The summed E-state index contributed by atoms with van der Waals surface area (Å²) in [4.78, 5) is 13.3. The molecule has 1 aromatic rings. The Hall–Kier alpha value is -1.55. The minimum absolute atomic E-state index is 0.187. The van der Waals surface area contributed by atoms with E-state index in [1.807, 2.05) is 11.0 Å². The first kappa shape index (κ1) is 14.4. The molecule has 4 heteroatoms. The molecule has 1 aliphatic heterocycles. The van der Waals surface area contributed by atoms with Crippen LogP contribution in [0.3, 0.4) is 0 Å². The fourth-order valence-corrected chi connectivity index (χ4v) is 3.62. The summed E-state index contributed by atoms with van der Waals surface area (Å²) in [6.45, 7) is 3.38. The van der Waals surface area contributed by atoms with Crippen LogP contribution in [0.5, 0.6) is 5.75 Å². The summed E-state index contributed by atoms with van der Waals surface area (Å²) >= 11 is 0. The minimum Gasteiger partial charge on any atom is -0.508 e. The van der Waals surface area contributed by atoms with E-state index < -0.39 is 0 Å². The molecule has 0 saturated carbocycles. The molecule has 1 aliphatic carbocycles. The smallest absolute Gasteiger partial charge is 0.219 e. The Morgan fingerprint density at radius 2 is 2.05 bits per heavy atom. The van der Waals surface area contributed by atoms with E-state index in [1.54, 1.807) is 13.0 Å². The van der Waals surface area contributed by atoms with Crippen LogP contribution in [-0.4, -0.2) is 35.0 Å². The first-order chi connectivity index (χ1) is 10.1. The average Bonchev–Trinajstić information content (AvgIpc) is 2.47. The van der Waals surface area contributed by atoms with E-state index in [0.29, 0.717) is 17.8 Å². The molecular weight excluding hydrogens is 264 g/mol. The van der Waals surface area contributed by atoms with E-state index in [-0.39, 0.29) is 5.91 Å². The summed E-state index contributed by atoms with van der Waals surface area (Å²) < 4.78 is 0. The molecule has 1 heterocycles. The molecule has 1 atom stereocenters. The van der Waals surface area contributed by atoms with Gasteiger partial charge in [-0.2, -0.15) is 0 Å². The van der Waals surface area contributed by atoms with Crippen molar-refractivity contribution in [3.05, 3.63) is 29.3 Å². The maximum absolute atomic E-state index is 11.4. The number of amides is 1. The number of nitrogens with one attached hydrogen (secondary N) is 1. The van der Waals surface area contributed by atoms with Crippen LogP contribution < -0.4 is 5.32 Å². The highest BCUT2D eigenvalue weighted by Crippen LogP contribution is 2.32. The standard InChI is InChI=1S/C17H24N2O2/c1-12(20)19-9-7-14(8-10-19)18-17-4-2-3-13-11-15(21)5-6-16(13)17/h5-6,11,14,17-18,21H,2-4,7-10H2,1H3. The molecule has 21 heavy (non-hydrogen) atoms. The normalized spacial score (nSPS) is 22.9. The molecule has 0 spiro atoms. The molecule has 1 aromatic carbocycles. The van der Waals surface area contributed by atoms with Crippen molar-refractivity contribution in [1.29, 1.82) is 0 Å². The number of phenolic OH excluding ortho intramolecular Hbond substituents is 1. The van der Waals surface area contributed by atoms with E-state index in [2.05, 4.69) is 11.4 Å². The molecule has 1 saturated heterocycles. The van der Waals surface area contributed by atoms with Crippen molar-refractivity contribution in [3.63, 3.8) is 0 Å². The van der Waals surface area contributed by atoms with Gasteiger partial charge in [0.25, 0.3) is 0 Å². The minimum atomic E-state index is 0.187. The lowest BCUT2D eigenvalue weighted by atomic mass is 9.86. The number of piperidine rings is 1. The zero-order valence-electron chi connectivity index (χ0n) is 12.6. The summed E-state index contributed by atoms with van der Waals surface area (Å²) in [6.07, 6.45) is 5.45. The molecule has 0 aromatic heterocycles. The van der Waals surface area contributed by atoms with Gasteiger partial charge in [-0.3, -0.25) is 4.79 Å². The molecule has 2 N–H and O–H groups in total. The molecular formula is C17H24N2O2. The highest BCUT2D eigenvalue weighted by Gasteiger charge is 2.26. The first-order valence-electron chi connectivity index (χ1n) is 7.97. The Bertz CT molecular complexity index is 522. The van der Waals surface area contributed by atoms with Gasteiger partial charge >= 0.3 is 0 Å². The van der Waals surface area contributed by atoms with Crippen LogP contribution in [0.25, 0.3) is 0 Å². The summed E-state index contributed by atoms with van der Waals surface area (Å²) in [5.41, 5.74) is 2.62. The second-order valence-electron chi connectivity index (χ2n) is 6.27. The number of nitrogens with zero attached hydrogens (tertiary/aromatic N) is 1. The Balaban J connectivity index is 1.64. The second-order valence-corrected chi connectivity index (χ2v) is 6.27. The average molecular weight is 288 g/mol. The monoisotopic (exact) mass is 288 g/mol. The number of rotatable bonds is 2. The molecule has 1 unspecified atom stereocenters. The number of aromatic hydroxyl groups is 1. The molecule has 3 rings (SSSR count). The van der Waals surface area contributed by atoms with E-state index in [1.165, 1.54) is 17.5 Å². The van der Waals surface area contributed by atoms with Gasteiger partial charge in [0.1, 0.15) is 5.75 Å². The third kappa shape index (κ3) is 3.21. The third-order valence-corrected chi connectivity index (χ3v) is 4.82. The van der Waals surface area contributed by atoms with Crippen LogP contribution in [0.15, 0.2) is 18.2 Å². The van der Waals surface area contributed by atoms with Gasteiger partial charge in [0, 0.05) is 32.1 Å². The van der Waals surface area contributed by atoms with Crippen molar-refractivity contribution in [1.82, 2.24) is 10.2 Å². The first-order valence-corrected chi connectivity index (χ1v) is 7.97. The lowest BCUT2D eigenvalue weighted by Crippen LogP contribution is -2.45. The topological polar surface area (TPSA) is 52.6 Å². The van der Waals surface area contributed by atoms with Crippen LogP contribution in [0.2, 0.25) is 0 Å². The maximum atomic E-state index is 11.4. The summed E-state index contributed by atoms with van der Waals surface area (Å²) in [5, 5.41) is 13.4. The summed E-state index contributed by atoms with van der Waals surface area (Å²) in [6, 6.07) is 6.64. The Morgan fingerprint density at radius 3 is 2.76 bits per heavy atom. The van der Waals surface area contributed by atoms with Gasteiger partial charge in [-0.15, -0.1) is 0 Å². The maximum Gasteiger partial charge on any atom is 0.219 e. The van der Waals surface area contributed by atoms with Gasteiger partial charge in [0.05, 0.1) is 0 Å². The SMILES string of the molecule is CC(=O)N1CCC(NC2CCCc3cc(O)ccc32)CC1. The number of likely N-dealkylation sites (tertiary alicyclic amines) is 1. The Kier molecular flexibility index (Phi) is 4.15. The number of benzene rings is 1. The zero-order valence-corrected chi connectivity index (χ0v) is 12.6. The predicted molar refractivity (Wildman–Crippen MR) is 82.2 cm³/mol. The van der Waals surface area contributed by atoms with Crippen molar-refractivity contribution in [2.75, 3.05) is 13.1 Å². The lowest BCUT2D eigenvalue weighted by molar-refractivity contribution is -0.129. The highest BCUT2D eigenvalue weighted by molar-refractivity contribution is 5.73. The Labute approximate surface area is 126 Å². The van der Waals surface area contributed by atoms with Crippen molar-refractivity contribution in [2.24, 2.45) is 0 Å². The Morgan fingerprint density at radius 1 is 1.29 bits per heavy atom. The molecule has 4 nitrogen and oxygen atoms in total. The number of carbonyl (C=O) groups is 1. The largest absolute Gasteiger partial charge is 0.508 e. The number of aryl methyl sites for hydroxylation is 1. The van der Waals surface area contributed by atoms with Gasteiger partial charge in [-0.05, 0) is 55.4 Å². The van der Waals surface area contributed by atoms with Gasteiger partial charge in [0.2, 0.25) is 5.91 Å². The molecule has 114 valence electrons. The molecule has 1 fully saturated rings. The lowest BCUT2D eigenvalue weighted by Gasteiger charge is -2.36. The van der Waals surface area contributed by atoms with Crippen molar-refractivity contribution >= 4 is 5.91 Å². The van der Waals surface area contributed by atoms with Crippen LogP contribution >= 0.6 is 0 Å². The van der Waals surface area contributed by atoms with E-state index in [0.717, 1.165) is 38.8 Å². The molecule has 0 radical (unpaired) electrons. The number of fused-ring (bicyclic) bond motifs is 1. The summed E-state index contributed by atoms with van der Waals surface area (Å²) in [7, 11) is 0. The van der Waals surface area contributed by atoms with Gasteiger partial charge in [-0.1, -0.05) is 6.07 Å². The third-order valence-electron chi connectivity index (χ3n) is 4.82. The van der Waals surface area contributed by atoms with Crippen LogP contribution in [0, 0.1) is 0 Å². The van der Waals surface area contributed by atoms with E-state index in [9.17, 15) is 9.90 Å². The van der Waals surface area contributed by atoms with Gasteiger partial charge < -0.3 is 15.3 Å². The number of hydrogen-bond acceptors (Lipinski definition) is 3. The second kappa shape index (κ2) is 6.06. The predicted octanol–water partition coefficient (Wildman–Crippen LogP) is 2.37. The van der Waals surface area contributed by atoms with Crippen LogP contribution in [0.4, 0.5) is 0 Å². The van der Waals surface area contributed by atoms with Crippen LogP contribution in [0.1, 0.15) is 49.8 Å². The zero-order chi connectivity index (χ0) is 14.8. The molecule has 2 aliphatic rings. The van der Waals surface area contributed by atoms with Crippen molar-refractivity contribution in [2.45, 2.75) is 51.1 Å². The number of phenols is 1. The molecule has 1 amide bonds. The van der Waals surface area contributed by atoms with Crippen molar-refractivity contribution in [3.8, 4) is 5.75 Å². The highest BCUT2D eigenvalue weighted by atomic mass is 16.3. The van der Waals surface area contributed by atoms with Crippen LogP contribution in [-0.2, 0) is 11.2 Å². The fourth-order valence-electron chi connectivity index (χ4n) is 3.62. The number of carbonyl (C=O) groups excluding carboxylic acids is 1.